The Labute approximate surface area is 206 Å². The average molecular weight is 584 g/mol. The molecule has 1 aliphatic rings. The fourth-order valence-corrected chi connectivity index (χ4v) is 32.4. The Bertz CT molecular complexity index is 1110. The Morgan fingerprint density at radius 2 is 1.77 bits per heavy atom. The first-order chi connectivity index (χ1) is 16.4. The van der Waals surface area contributed by atoms with E-state index in [1.807, 2.05) is 0 Å². The van der Waals surface area contributed by atoms with E-state index in [2.05, 4.69) is 16.6 Å². The molecule has 0 radical (unpaired) electrons. The van der Waals surface area contributed by atoms with Crippen LogP contribution in [-0.2, 0) is 18.4 Å². The van der Waals surface area contributed by atoms with E-state index in [-0.39, 0.29) is 13.2 Å². The predicted octanol–water partition coefficient (Wildman–Crippen LogP) is 3.55. The molecule has 16 heteroatoms. The van der Waals surface area contributed by atoms with E-state index in [4.69, 9.17) is 13.8 Å². The first-order valence-electron chi connectivity index (χ1n) is 10.4. The van der Waals surface area contributed by atoms with Crippen molar-refractivity contribution in [1.82, 2.24) is 4.98 Å². The van der Waals surface area contributed by atoms with Crippen molar-refractivity contribution >= 4 is 48.7 Å². The third-order valence-electron chi connectivity index (χ3n) is 4.71. The molecular weight excluding hydrogens is 555 g/mol. The molecule has 35 heavy (non-hydrogen) atoms. The van der Waals surface area contributed by atoms with E-state index in [9.17, 15) is 29.1 Å². The van der Waals surface area contributed by atoms with E-state index < -0.39 is 61.2 Å². The molecule has 2 aromatic rings. The van der Waals surface area contributed by atoms with Crippen molar-refractivity contribution in [2.24, 2.45) is 0 Å². The topological polar surface area (TPSA) is 168 Å². The number of aliphatic hydroxyl groups is 2. The molecule has 1 aromatic carbocycles. The fraction of sp³-hybridized carbons (Fsp3) is 0.368. The monoisotopic (exact) mass is 584 g/mol. The molecule has 194 valence electrons. The summed E-state index contributed by atoms with van der Waals surface area (Å²) >= 11 is 0. The predicted molar refractivity (Wildman–Crippen MR) is 143 cm³/mol. The highest BCUT2D eigenvalue weighted by atomic mass is 32.8. The molecule has 1 fully saturated rings. The average Bonchev–Trinajstić information content (AvgIpc) is 3.03. The molecule has 1 saturated heterocycles. The van der Waals surface area contributed by atoms with Crippen molar-refractivity contribution in [3.63, 3.8) is 0 Å². The summed E-state index contributed by atoms with van der Waals surface area (Å²) in [5.74, 6) is 0.309. The molecule has 1 aliphatic heterocycles. The SMILES string of the molecule is C=P(O)(OC[C@H]1O[C@@H](CNc2cccnc2)[C@H](O)[C@@H]1O)PP(=O)(O)PP(C)(=O)Oc1ccccc1. The van der Waals surface area contributed by atoms with E-state index >= 15 is 0 Å². The number of ether oxygens (including phenoxy) is 1. The number of rotatable bonds is 12. The number of hydrogen-bond donors (Lipinski definition) is 5. The highest BCUT2D eigenvalue weighted by Crippen LogP contribution is 2.94. The largest absolute Gasteiger partial charge is 0.440 e. The highest BCUT2D eigenvalue weighted by Gasteiger charge is 2.43. The molecule has 2 heterocycles. The maximum atomic E-state index is 12.8. The van der Waals surface area contributed by atoms with Crippen LogP contribution in [0, 0.1) is 0 Å². The summed E-state index contributed by atoms with van der Waals surface area (Å²) in [6.07, 6.45) is 2.52. The summed E-state index contributed by atoms with van der Waals surface area (Å²) in [5, 5.41) is 23.6. The van der Waals surface area contributed by atoms with Crippen LogP contribution in [0.4, 0.5) is 5.69 Å². The van der Waals surface area contributed by atoms with Gasteiger partial charge in [-0.15, -0.1) is 0 Å². The van der Waals surface area contributed by atoms with Crippen LogP contribution in [-0.4, -0.2) is 75.5 Å². The van der Waals surface area contributed by atoms with Gasteiger partial charge in [0, 0.05) is 25.6 Å². The Balaban J connectivity index is 1.51. The van der Waals surface area contributed by atoms with Crippen molar-refractivity contribution in [2.45, 2.75) is 24.4 Å². The van der Waals surface area contributed by atoms with Gasteiger partial charge in [-0.2, -0.15) is 0 Å². The van der Waals surface area contributed by atoms with Gasteiger partial charge in [0.15, 0.2) is 0 Å². The van der Waals surface area contributed by atoms with Gasteiger partial charge in [-0.25, -0.2) is 0 Å². The van der Waals surface area contributed by atoms with Gasteiger partial charge in [0.1, 0.15) is 37.2 Å². The summed E-state index contributed by atoms with van der Waals surface area (Å²) in [4.78, 5) is 25.0. The quantitative estimate of drug-likeness (QED) is 0.232. The zero-order valence-corrected chi connectivity index (χ0v) is 23.4. The maximum Gasteiger partial charge on any atom is 0.270 e. The Morgan fingerprint density at radius 1 is 1.09 bits per heavy atom. The number of pyridine rings is 1. The minimum atomic E-state index is -4.11. The molecule has 0 saturated carbocycles. The van der Waals surface area contributed by atoms with E-state index in [0.29, 0.717) is 11.4 Å². The number of aromatic nitrogens is 1. The Morgan fingerprint density at radius 3 is 2.43 bits per heavy atom. The van der Waals surface area contributed by atoms with Gasteiger partial charge in [-0.1, -0.05) is 18.2 Å². The summed E-state index contributed by atoms with van der Waals surface area (Å²) in [5.41, 5.74) is 0.709. The van der Waals surface area contributed by atoms with Crippen molar-refractivity contribution in [1.29, 1.82) is 0 Å². The zero-order chi connectivity index (χ0) is 25.7. The third-order valence-corrected chi connectivity index (χ3v) is 27.7. The molecule has 0 spiro atoms. The fourth-order valence-electron chi connectivity index (χ4n) is 3.23. The lowest BCUT2D eigenvalue weighted by Gasteiger charge is -2.25. The second-order valence-corrected chi connectivity index (χ2v) is 27.2. The zero-order valence-electron chi connectivity index (χ0n) is 18.7. The van der Waals surface area contributed by atoms with Gasteiger partial charge in [-0.3, -0.25) is 14.1 Å². The summed E-state index contributed by atoms with van der Waals surface area (Å²) < 4.78 is 42.0. The van der Waals surface area contributed by atoms with E-state index in [0.717, 1.165) is 0 Å². The van der Waals surface area contributed by atoms with Gasteiger partial charge in [0.05, 0.1) is 28.2 Å². The lowest BCUT2D eigenvalue weighted by molar-refractivity contribution is -0.0114. The number of aliphatic hydroxyl groups excluding tert-OH is 2. The van der Waals surface area contributed by atoms with Gasteiger partial charge in [0.25, 0.3) is 13.8 Å². The number of benzene rings is 1. The van der Waals surface area contributed by atoms with Crippen LogP contribution in [0.25, 0.3) is 0 Å². The van der Waals surface area contributed by atoms with Crippen molar-refractivity contribution < 1.29 is 42.9 Å². The number of nitrogens with one attached hydrogen (secondary N) is 1. The molecule has 0 bridgehead atoms. The minimum absolute atomic E-state index is 0.187. The number of nitrogens with zero attached hydrogens (tertiary/aromatic N) is 1. The lowest BCUT2D eigenvalue weighted by atomic mass is 10.1. The molecule has 3 rings (SSSR count). The molecule has 5 unspecified atom stereocenters. The van der Waals surface area contributed by atoms with Crippen LogP contribution < -0.4 is 9.84 Å². The van der Waals surface area contributed by atoms with Crippen molar-refractivity contribution in [3.05, 3.63) is 54.9 Å². The van der Waals surface area contributed by atoms with E-state index in [1.165, 1.54) is 6.66 Å². The molecule has 0 amide bonds. The van der Waals surface area contributed by atoms with Gasteiger partial charge >= 0.3 is 0 Å². The number of anilines is 1. The van der Waals surface area contributed by atoms with Crippen LogP contribution in [0.15, 0.2) is 54.9 Å². The van der Waals surface area contributed by atoms with Gasteiger partial charge in [0.2, 0.25) is 0 Å². The smallest absolute Gasteiger partial charge is 0.270 e. The highest BCUT2D eigenvalue weighted by molar-refractivity contribution is 8.79. The van der Waals surface area contributed by atoms with Gasteiger partial charge in [-0.05, 0) is 30.6 Å². The second kappa shape index (κ2) is 12.3. The first-order valence-corrected chi connectivity index (χ1v) is 21.3. The van der Waals surface area contributed by atoms with Crippen LogP contribution >= 0.6 is 36.7 Å². The number of para-hydroxylation sites is 1. The van der Waals surface area contributed by atoms with Crippen molar-refractivity contribution in [3.8, 4) is 5.75 Å². The summed E-state index contributed by atoms with van der Waals surface area (Å²) in [6, 6.07) is 11.8. The van der Waals surface area contributed by atoms with Crippen LogP contribution in [0.1, 0.15) is 0 Å². The second-order valence-electron chi connectivity index (χ2n) is 7.84. The van der Waals surface area contributed by atoms with Crippen LogP contribution in [0.3, 0.4) is 0 Å². The summed E-state index contributed by atoms with van der Waals surface area (Å²) in [6.45, 7) is -3.01. The standard InChI is InChI=1S/C19H29N2O9P5/c1-33(24,31-35(26,27)32-34(2,25)30-15-8-4-3-5-9-15)28-13-17-19(23)18(22)16(29-17)12-21-14-7-6-10-20-11-14/h3-11,16-19,21-24,31-32H,1,12-13H2,2H3,(H,26,27)/t16-,17+,18-,19+,33?,34?/m0/s1. The normalized spacial score (nSPS) is 28.0. The van der Waals surface area contributed by atoms with Gasteiger partial charge < -0.3 is 39.1 Å². The van der Waals surface area contributed by atoms with Crippen molar-refractivity contribution in [2.75, 3.05) is 25.1 Å². The minimum Gasteiger partial charge on any atom is -0.440 e. The maximum absolute atomic E-state index is 12.8. The number of hydrogen-bond acceptors (Lipinski definition) is 10. The molecule has 0 aliphatic carbocycles. The third kappa shape index (κ3) is 9.31. The molecule has 1 aromatic heterocycles. The first kappa shape index (κ1) is 28.9. The Hall–Kier alpha value is -0.650. The van der Waals surface area contributed by atoms with Crippen LogP contribution in [0.2, 0.25) is 0 Å². The Kier molecular flexibility index (Phi) is 10.1. The molecular formula is C19H29N2O9P5. The lowest BCUT2D eigenvalue weighted by Crippen LogP contribution is -2.36. The molecule has 11 nitrogen and oxygen atoms in total. The molecule has 9 atom stereocenters. The van der Waals surface area contributed by atoms with Crippen LogP contribution in [0.5, 0.6) is 5.75 Å². The molecule has 5 N–H and O–H groups in total. The summed E-state index contributed by atoms with van der Waals surface area (Å²) in [7, 11) is -9.07. The van der Waals surface area contributed by atoms with E-state index in [1.54, 1.807) is 54.9 Å².